The van der Waals surface area contributed by atoms with Crippen molar-refractivity contribution in [2.75, 3.05) is 0 Å². The summed E-state index contributed by atoms with van der Waals surface area (Å²) in [6, 6.07) is 15.7. The maximum absolute atomic E-state index is 3.49. The zero-order chi connectivity index (χ0) is 17.4. The van der Waals surface area contributed by atoms with E-state index in [4.69, 9.17) is 0 Å². The van der Waals surface area contributed by atoms with Crippen molar-refractivity contribution in [1.29, 1.82) is 0 Å². The van der Waals surface area contributed by atoms with Gasteiger partial charge >= 0.3 is 0 Å². The summed E-state index contributed by atoms with van der Waals surface area (Å²) in [5.41, 5.74) is 7.46. The predicted molar refractivity (Wildman–Crippen MR) is 110 cm³/mol. The Balaban J connectivity index is 1.91. The highest BCUT2D eigenvalue weighted by Gasteiger charge is 2.36. The molecule has 3 rings (SSSR count). The van der Waals surface area contributed by atoms with Crippen molar-refractivity contribution in [3.05, 3.63) is 70.3 Å². The highest BCUT2D eigenvalue weighted by molar-refractivity contribution is 9.08. The molecule has 0 radical (unpaired) electrons. The fourth-order valence-electron chi connectivity index (χ4n) is 3.62. The van der Waals surface area contributed by atoms with Crippen LogP contribution in [0.4, 0.5) is 0 Å². The number of hydrogen-bond acceptors (Lipinski definition) is 0. The molecule has 1 aliphatic carbocycles. The van der Waals surface area contributed by atoms with E-state index in [2.05, 4.69) is 98.2 Å². The van der Waals surface area contributed by atoms with Crippen LogP contribution in [0, 0.1) is 0 Å². The van der Waals surface area contributed by atoms with E-state index in [0.29, 0.717) is 5.41 Å². The van der Waals surface area contributed by atoms with Crippen molar-refractivity contribution in [1.82, 2.24) is 0 Å². The normalized spacial score (nSPS) is 18.5. The third kappa shape index (κ3) is 3.52. The van der Waals surface area contributed by atoms with Crippen LogP contribution in [0.5, 0.6) is 0 Å². The zero-order valence-electron chi connectivity index (χ0n) is 15.2. The fraction of sp³-hybridized carbons (Fsp3) is 0.391. The lowest BCUT2D eigenvalue weighted by Gasteiger charge is -2.42. The Bertz CT molecular complexity index is 748. The SMILES string of the molecule is CC1(C)CCC(C)(C)c2cc(/C=C/c3ccc(CBr)cc3)ccc21. The van der Waals surface area contributed by atoms with Crippen LogP contribution in [-0.2, 0) is 16.2 Å². The number of hydrogen-bond donors (Lipinski definition) is 0. The molecule has 0 unspecified atom stereocenters. The summed E-state index contributed by atoms with van der Waals surface area (Å²) >= 11 is 3.49. The quantitative estimate of drug-likeness (QED) is 0.392. The van der Waals surface area contributed by atoms with Gasteiger partial charge in [0.2, 0.25) is 0 Å². The van der Waals surface area contributed by atoms with Gasteiger partial charge in [0.15, 0.2) is 0 Å². The van der Waals surface area contributed by atoms with Gasteiger partial charge in [-0.25, -0.2) is 0 Å². The Hall–Kier alpha value is -1.34. The number of benzene rings is 2. The number of halogens is 1. The molecule has 0 saturated carbocycles. The van der Waals surface area contributed by atoms with Crippen LogP contribution in [0.3, 0.4) is 0 Å². The van der Waals surface area contributed by atoms with Crippen LogP contribution in [0.2, 0.25) is 0 Å². The summed E-state index contributed by atoms with van der Waals surface area (Å²) in [7, 11) is 0. The Morgan fingerprint density at radius 2 is 1.33 bits per heavy atom. The molecule has 0 nitrogen and oxygen atoms in total. The van der Waals surface area contributed by atoms with Gasteiger partial charge in [-0.15, -0.1) is 0 Å². The monoisotopic (exact) mass is 382 g/mol. The van der Waals surface area contributed by atoms with Gasteiger partial charge in [-0.2, -0.15) is 0 Å². The Morgan fingerprint density at radius 3 is 1.96 bits per heavy atom. The molecule has 2 aromatic rings. The van der Waals surface area contributed by atoms with E-state index in [1.807, 2.05) is 0 Å². The largest absolute Gasteiger partial charge is 0.0876 e. The Kier molecular flexibility index (Phi) is 4.75. The van der Waals surface area contributed by atoms with E-state index in [9.17, 15) is 0 Å². The molecule has 24 heavy (non-hydrogen) atoms. The van der Waals surface area contributed by atoms with E-state index in [1.165, 1.54) is 40.7 Å². The van der Waals surface area contributed by atoms with E-state index in [0.717, 1.165) is 5.33 Å². The molecule has 0 fully saturated rings. The Morgan fingerprint density at radius 1 is 0.792 bits per heavy atom. The molecule has 2 aromatic carbocycles. The predicted octanol–water partition coefficient (Wildman–Crippen LogP) is 7.10. The second-order valence-corrected chi connectivity index (χ2v) is 8.84. The zero-order valence-corrected chi connectivity index (χ0v) is 16.8. The van der Waals surface area contributed by atoms with Crippen molar-refractivity contribution in [2.24, 2.45) is 0 Å². The molecule has 0 bridgehead atoms. The fourth-order valence-corrected chi connectivity index (χ4v) is 3.99. The Labute approximate surface area is 155 Å². The first-order valence-electron chi connectivity index (χ1n) is 8.80. The molecule has 0 aromatic heterocycles. The van der Waals surface area contributed by atoms with Crippen LogP contribution >= 0.6 is 15.9 Å². The molecule has 0 amide bonds. The van der Waals surface area contributed by atoms with Gasteiger partial charge in [-0.3, -0.25) is 0 Å². The van der Waals surface area contributed by atoms with Crippen LogP contribution in [0.15, 0.2) is 42.5 Å². The second kappa shape index (κ2) is 6.52. The minimum absolute atomic E-state index is 0.270. The summed E-state index contributed by atoms with van der Waals surface area (Å²) in [6.07, 6.45) is 6.97. The first-order chi connectivity index (χ1) is 11.3. The topological polar surface area (TPSA) is 0 Å². The molecule has 0 heterocycles. The summed E-state index contributed by atoms with van der Waals surface area (Å²) in [6.45, 7) is 9.52. The summed E-state index contributed by atoms with van der Waals surface area (Å²) in [4.78, 5) is 0. The standard InChI is InChI=1S/C23H27Br/c1-22(2)13-14-23(3,4)21-15-18(11-12-20(21)22)8-5-17-6-9-19(16-24)10-7-17/h5-12,15H,13-14,16H2,1-4H3/b8-5+. The molecule has 0 atom stereocenters. The molecule has 0 N–H and O–H groups in total. The lowest BCUT2D eigenvalue weighted by atomic mass is 9.63. The number of rotatable bonds is 3. The first kappa shape index (κ1) is 17.5. The summed E-state index contributed by atoms with van der Waals surface area (Å²) < 4.78 is 0. The van der Waals surface area contributed by atoms with Gasteiger partial charge in [-0.05, 0) is 51.5 Å². The molecule has 1 aliphatic rings. The summed E-state index contributed by atoms with van der Waals surface area (Å²) in [5, 5.41) is 0.909. The van der Waals surface area contributed by atoms with E-state index in [-0.39, 0.29) is 5.41 Å². The van der Waals surface area contributed by atoms with Crippen LogP contribution in [-0.4, -0.2) is 0 Å². The van der Waals surface area contributed by atoms with Gasteiger partial charge in [0.1, 0.15) is 0 Å². The molecule has 1 heteroatoms. The average Bonchev–Trinajstić information content (AvgIpc) is 2.58. The third-order valence-corrected chi connectivity index (χ3v) is 6.13. The van der Waals surface area contributed by atoms with Gasteiger partial charge < -0.3 is 0 Å². The van der Waals surface area contributed by atoms with Crippen LogP contribution in [0.1, 0.15) is 68.4 Å². The van der Waals surface area contributed by atoms with Crippen LogP contribution in [0.25, 0.3) is 12.2 Å². The van der Waals surface area contributed by atoms with E-state index < -0.39 is 0 Å². The summed E-state index contributed by atoms with van der Waals surface area (Å²) in [5.74, 6) is 0. The molecule has 126 valence electrons. The van der Waals surface area contributed by atoms with Crippen molar-refractivity contribution >= 4 is 28.1 Å². The van der Waals surface area contributed by atoms with E-state index >= 15 is 0 Å². The maximum Gasteiger partial charge on any atom is 0.0283 e. The molecular formula is C23H27Br. The smallest absolute Gasteiger partial charge is 0.0283 e. The number of alkyl halides is 1. The molecule has 0 saturated heterocycles. The van der Waals surface area contributed by atoms with Crippen molar-refractivity contribution in [3.8, 4) is 0 Å². The van der Waals surface area contributed by atoms with Gasteiger partial charge in [0.25, 0.3) is 0 Å². The van der Waals surface area contributed by atoms with Crippen LogP contribution < -0.4 is 0 Å². The third-order valence-electron chi connectivity index (χ3n) is 5.48. The van der Waals surface area contributed by atoms with Crippen molar-refractivity contribution < 1.29 is 0 Å². The van der Waals surface area contributed by atoms with E-state index in [1.54, 1.807) is 0 Å². The van der Waals surface area contributed by atoms with Gasteiger partial charge in [-0.1, -0.05) is 98.2 Å². The van der Waals surface area contributed by atoms with Gasteiger partial charge in [0, 0.05) is 5.33 Å². The maximum atomic E-state index is 3.49. The minimum Gasteiger partial charge on any atom is -0.0876 e. The highest BCUT2D eigenvalue weighted by Crippen LogP contribution is 2.45. The van der Waals surface area contributed by atoms with Gasteiger partial charge in [0.05, 0.1) is 0 Å². The first-order valence-corrected chi connectivity index (χ1v) is 9.92. The molecule has 0 spiro atoms. The van der Waals surface area contributed by atoms with Crippen molar-refractivity contribution in [2.45, 2.75) is 56.7 Å². The number of fused-ring (bicyclic) bond motifs is 1. The average molecular weight is 383 g/mol. The highest BCUT2D eigenvalue weighted by atomic mass is 79.9. The minimum atomic E-state index is 0.270. The molecular weight excluding hydrogens is 356 g/mol. The second-order valence-electron chi connectivity index (χ2n) is 8.28. The molecule has 0 aliphatic heterocycles. The lowest BCUT2D eigenvalue weighted by molar-refractivity contribution is 0.332. The lowest BCUT2D eigenvalue weighted by Crippen LogP contribution is -2.33. The van der Waals surface area contributed by atoms with Crippen molar-refractivity contribution in [3.63, 3.8) is 0 Å².